The second-order valence-corrected chi connectivity index (χ2v) is 5.76. The molecule has 3 N–H and O–H groups in total. The minimum absolute atomic E-state index is 0.435. The van der Waals surface area contributed by atoms with Crippen LogP contribution in [0.5, 0.6) is 0 Å². The Kier molecular flexibility index (Phi) is 3.62. The number of benzene rings is 2. The van der Waals surface area contributed by atoms with Gasteiger partial charge in [0.05, 0.1) is 11.3 Å². The Morgan fingerprint density at radius 2 is 1.76 bits per heavy atom. The van der Waals surface area contributed by atoms with Crippen molar-refractivity contribution < 1.29 is 0 Å². The van der Waals surface area contributed by atoms with Gasteiger partial charge in [0.2, 0.25) is 0 Å². The summed E-state index contributed by atoms with van der Waals surface area (Å²) in [5, 5.41) is 8.44. The fourth-order valence-electron chi connectivity index (χ4n) is 2.38. The molecule has 21 heavy (non-hydrogen) atoms. The maximum absolute atomic E-state index is 6.14. The van der Waals surface area contributed by atoms with Crippen molar-refractivity contribution in [3.05, 3.63) is 58.1 Å². The van der Waals surface area contributed by atoms with Gasteiger partial charge < -0.3 is 5.73 Å². The van der Waals surface area contributed by atoms with Gasteiger partial charge in [-0.05, 0) is 48.4 Å². The van der Waals surface area contributed by atoms with Crippen LogP contribution in [-0.4, -0.2) is 10.2 Å². The monoisotopic (exact) mass is 317 g/mol. The number of aromatic amines is 1. The van der Waals surface area contributed by atoms with Crippen molar-refractivity contribution >= 4 is 29.0 Å². The number of aryl methyl sites for hydroxylation is 1. The molecule has 0 bridgehead atoms. The summed E-state index contributed by atoms with van der Waals surface area (Å²) in [5.41, 5.74) is 10.6. The van der Waals surface area contributed by atoms with Crippen molar-refractivity contribution in [1.29, 1.82) is 0 Å². The van der Waals surface area contributed by atoms with Crippen molar-refractivity contribution in [3.63, 3.8) is 0 Å². The third-order valence-corrected chi connectivity index (χ3v) is 3.69. The second kappa shape index (κ2) is 5.43. The molecule has 0 fully saturated rings. The first kappa shape index (κ1) is 14.0. The van der Waals surface area contributed by atoms with E-state index in [4.69, 9.17) is 28.9 Å². The van der Waals surface area contributed by atoms with Crippen LogP contribution >= 0.6 is 23.2 Å². The van der Waals surface area contributed by atoms with Crippen molar-refractivity contribution in [2.24, 2.45) is 0 Å². The van der Waals surface area contributed by atoms with E-state index in [1.807, 2.05) is 49.4 Å². The van der Waals surface area contributed by atoms with Gasteiger partial charge in [0, 0.05) is 15.6 Å². The molecule has 3 aromatic rings. The maximum Gasteiger partial charge on any atom is 0.153 e. The van der Waals surface area contributed by atoms with Crippen LogP contribution in [0.15, 0.2) is 42.5 Å². The Hall–Kier alpha value is -1.97. The molecule has 0 aliphatic rings. The lowest BCUT2D eigenvalue weighted by Crippen LogP contribution is -1.89. The third kappa shape index (κ3) is 2.75. The Morgan fingerprint density at radius 1 is 1.00 bits per heavy atom. The molecule has 0 aliphatic carbocycles. The number of halogens is 2. The molecule has 1 aromatic heterocycles. The molecule has 3 nitrogen and oxygen atoms in total. The van der Waals surface area contributed by atoms with Gasteiger partial charge >= 0.3 is 0 Å². The zero-order valence-electron chi connectivity index (χ0n) is 11.3. The maximum atomic E-state index is 6.14. The fraction of sp³-hybridized carbons (Fsp3) is 0.0625. The lowest BCUT2D eigenvalue weighted by Gasteiger charge is -2.07. The molecule has 2 aromatic carbocycles. The zero-order chi connectivity index (χ0) is 15.0. The Morgan fingerprint density at radius 3 is 2.48 bits per heavy atom. The Bertz CT molecular complexity index is 789. The van der Waals surface area contributed by atoms with E-state index in [0.717, 1.165) is 27.9 Å². The highest BCUT2D eigenvalue weighted by molar-refractivity contribution is 6.31. The van der Waals surface area contributed by atoms with Crippen molar-refractivity contribution in [2.75, 3.05) is 5.73 Å². The number of H-pyrrole nitrogens is 1. The number of nitrogen functional groups attached to an aromatic ring is 1. The molecule has 0 saturated heterocycles. The van der Waals surface area contributed by atoms with Gasteiger partial charge in [-0.25, -0.2) is 0 Å². The highest BCUT2D eigenvalue weighted by Crippen LogP contribution is 2.36. The Labute approximate surface area is 132 Å². The SMILES string of the molecule is Cc1cc(Cl)cc(-c2[nH]nc(N)c2-c2cccc(Cl)c2)c1. The van der Waals surface area contributed by atoms with Crippen LogP contribution in [-0.2, 0) is 0 Å². The fourth-order valence-corrected chi connectivity index (χ4v) is 2.86. The number of rotatable bonds is 2. The van der Waals surface area contributed by atoms with Crippen LogP contribution in [0.25, 0.3) is 22.4 Å². The van der Waals surface area contributed by atoms with Gasteiger partial charge in [-0.2, -0.15) is 5.10 Å². The van der Waals surface area contributed by atoms with Crippen LogP contribution in [0, 0.1) is 6.92 Å². The molecule has 0 unspecified atom stereocenters. The smallest absolute Gasteiger partial charge is 0.153 e. The van der Waals surface area contributed by atoms with E-state index in [0.29, 0.717) is 15.9 Å². The summed E-state index contributed by atoms with van der Waals surface area (Å²) in [5.74, 6) is 0.435. The molecule has 3 rings (SSSR count). The number of nitrogens with one attached hydrogen (secondary N) is 1. The normalized spacial score (nSPS) is 10.8. The van der Waals surface area contributed by atoms with Gasteiger partial charge in [-0.3, -0.25) is 5.10 Å². The van der Waals surface area contributed by atoms with E-state index in [1.54, 1.807) is 0 Å². The second-order valence-electron chi connectivity index (χ2n) is 4.89. The highest BCUT2D eigenvalue weighted by atomic mass is 35.5. The molecule has 0 aliphatic heterocycles. The Balaban J connectivity index is 2.21. The van der Waals surface area contributed by atoms with E-state index in [1.165, 1.54) is 0 Å². The van der Waals surface area contributed by atoms with Crippen LogP contribution in [0.1, 0.15) is 5.56 Å². The van der Waals surface area contributed by atoms with Crippen LogP contribution in [0.3, 0.4) is 0 Å². The van der Waals surface area contributed by atoms with Gasteiger partial charge in [0.25, 0.3) is 0 Å². The highest BCUT2D eigenvalue weighted by Gasteiger charge is 2.15. The predicted molar refractivity (Wildman–Crippen MR) is 88.6 cm³/mol. The third-order valence-electron chi connectivity index (χ3n) is 3.24. The molecule has 0 amide bonds. The first-order valence-electron chi connectivity index (χ1n) is 6.42. The molecule has 0 saturated carbocycles. The minimum Gasteiger partial charge on any atom is -0.382 e. The van der Waals surface area contributed by atoms with Gasteiger partial charge in [-0.1, -0.05) is 35.3 Å². The van der Waals surface area contributed by atoms with Crippen LogP contribution in [0.2, 0.25) is 10.0 Å². The van der Waals surface area contributed by atoms with Crippen LogP contribution in [0.4, 0.5) is 5.82 Å². The number of anilines is 1. The number of hydrogen-bond acceptors (Lipinski definition) is 2. The number of nitrogens with two attached hydrogens (primary N) is 1. The summed E-state index contributed by atoms with van der Waals surface area (Å²) < 4.78 is 0. The molecule has 0 atom stereocenters. The van der Waals surface area contributed by atoms with E-state index in [2.05, 4.69) is 10.2 Å². The summed E-state index contributed by atoms with van der Waals surface area (Å²) in [6.45, 7) is 1.99. The average molecular weight is 318 g/mol. The van der Waals surface area contributed by atoms with Crippen molar-refractivity contribution in [2.45, 2.75) is 6.92 Å². The number of nitrogens with zero attached hydrogens (tertiary/aromatic N) is 1. The van der Waals surface area contributed by atoms with Gasteiger partial charge in [0.15, 0.2) is 5.82 Å². The minimum atomic E-state index is 0.435. The summed E-state index contributed by atoms with van der Waals surface area (Å²) in [4.78, 5) is 0. The van der Waals surface area contributed by atoms with E-state index in [9.17, 15) is 0 Å². The first-order valence-corrected chi connectivity index (χ1v) is 7.17. The summed E-state index contributed by atoms with van der Waals surface area (Å²) in [7, 11) is 0. The lowest BCUT2D eigenvalue weighted by molar-refractivity contribution is 1.10. The molecular weight excluding hydrogens is 305 g/mol. The van der Waals surface area contributed by atoms with E-state index < -0.39 is 0 Å². The number of hydrogen-bond donors (Lipinski definition) is 2. The zero-order valence-corrected chi connectivity index (χ0v) is 12.8. The molecule has 0 radical (unpaired) electrons. The molecule has 5 heteroatoms. The molecule has 106 valence electrons. The van der Waals surface area contributed by atoms with Gasteiger partial charge in [-0.15, -0.1) is 0 Å². The average Bonchev–Trinajstić information content (AvgIpc) is 2.79. The summed E-state index contributed by atoms with van der Waals surface area (Å²) >= 11 is 12.2. The molecule has 1 heterocycles. The van der Waals surface area contributed by atoms with Gasteiger partial charge in [0.1, 0.15) is 0 Å². The van der Waals surface area contributed by atoms with Crippen LogP contribution < -0.4 is 5.73 Å². The standard InChI is InChI=1S/C16H13Cl2N3/c1-9-5-11(8-13(18)6-9)15-14(16(19)21-20-15)10-3-2-4-12(17)7-10/h2-8H,1H3,(H3,19,20,21). The van der Waals surface area contributed by atoms with E-state index in [-0.39, 0.29) is 0 Å². The first-order chi connectivity index (χ1) is 10.0. The lowest BCUT2D eigenvalue weighted by atomic mass is 10.00. The number of aromatic nitrogens is 2. The predicted octanol–water partition coefficient (Wildman–Crippen LogP) is 4.94. The quantitative estimate of drug-likeness (QED) is 0.703. The largest absolute Gasteiger partial charge is 0.382 e. The topological polar surface area (TPSA) is 54.7 Å². The summed E-state index contributed by atoms with van der Waals surface area (Å²) in [6.07, 6.45) is 0. The van der Waals surface area contributed by atoms with E-state index >= 15 is 0 Å². The molecule has 0 spiro atoms. The van der Waals surface area contributed by atoms with Crippen molar-refractivity contribution in [3.8, 4) is 22.4 Å². The summed E-state index contributed by atoms with van der Waals surface area (Å²) in [6, 6.07) is 13.4. The van der Waals surface area contributed by atoms with Crippen molar-refractivity contribution in [1.82, 2.24) is 10.2 Å². The molecular formula is C16H13Cl2N3.